The maximum atomic E-state index is 11.7. The van der Waals surface area contributed by atoms with Gasteiger partial charge in [0.05, 0.1) is 16.3 Å². The molecule has 5 rings (SSSR count). The molecule has 33 heavy (non-hydrogen) atoms. The van der Waals surface area contributed by atoms with Crippen LogP contribution in [0.25, 0.3) is 38.6 Å². The average Bonchev–Trinajstić information content (AvgIpc) is 3.16. The summed E-state index contributed by atoms with van der Waals surface area (Å²) in [6.45, 7) is 4.34. The SMILES string of the molecule is CCc1ccc2c3ccc(CC)cc3n(-c3ccc(-c4cccc(P(=O)(O)O)c4)cc3)c2c1. The zero-order chi connectivity index (χ0) is 23.2. The lowest BCUT2D eigenvalue weighted by molar-refractivity contribution is 0.387. The Morgan fingerprint density at radius 1 is 0.697 bits per heavy atom. The fraction of sp³-hybridized carbons (Fsp3) is 0.143. The van der Waals surface area contributed by atoms with Crippen LogP contribution in [-0.2, 0) is 17.4 Å². The van der Waals surface area contributed by atoms with Crippen LogP contribution in [-0.4, -0.2) is 14.4 Å². The third-order valence-electron chi connectivity index (χ3n) is 6.35. The second-order valence-corrected chi connectivity index (χ2v) is 9.99. The molecule has 2 N–H and O–H groups in total. The average molecular weight is 455 g/mol. The molecule has 0 amide bonds. The molecule has 0 fully saturated rings. The number of aromatic nitrogens is 1. The summed E-state index contributed by atoms with van der Waals surface area (Å²) in [5.41, 5.74) is 7.74. The second kappa shape index (κ2) is 8.31. The molecule has 1 heterocycles. The lowest BCUT2D eigenvalue weighted by atomic mass is 10.1. The van der Waals surface area contributed by atoms with Crippen molar-refractivity contribution in [1.29, 1.82) is 0 Å². The Morgan fingerprint density at radius 3 is 1.79 bits per heavy atom. The van der Waals surface area contributed by atoms with E-state index in [9.17, 15) is 14.4 Å². The van der Waals surface area contributed by atoms with Gasteiger partial charge < -0.3 is 14.4 Å². The number of rotatable bonds is 5. The van der Waals surface area contributed by atoms with Crippen LogP contribution in [0.2, 0.25) is 0 Å². The number of aryl methyl sites for hydroxylation is 2. The molecule has 0 bridgehead atoms. The van der Waals surface area contributed by atoms with Crippen molar-refractivity contribution in [2.45, 2.75) is 26.7 Å². The number of hydrogen-bond donors (Lipinski definition) is 2. The highest BCUT2D eigenvalue weighted by Crippen LogP contribution is 2.36. The fourth-order valence-electron chi connectivity index (χ4n) is 4.50. The molecular formula is C28H26NO3P. The maximum Gasteiger partial charge on any atom is 0.356 e. The van der Waals surface area contributed by atoms with Gasteiger partial charge in [0.15, 0.2) is 0 Å². The first-order chi connectivity index (χ1) is 15.9. The zero-order valence-corrected chi connectivity index (χ0v) is 19.6. The molecule has 0 unspecified atom stereocenters. The molecule has 0 atom stereocenters. The standard InChI is InChI=1S/C28H26NO3P/c1-3-19-8-14-25-26-15-9-20(4-2)17-28(26)29(27(25)16-19)23-12-10-21(11-13-23)22-6-5-7-24(18-22)33(30,31)32/h5-18H,3-4H2,1-2H3,(H2,30,31,32). The van der Waals surface area contributed by atoms with Gasteiger partial charge in [-0.3, -0.25) is 4.57 Å². The monoisotopic (exact) mass is 455 g/mol. The summed E-state index contributed by atoms with van der Waals surface area (Å²) in [6, 6.07) is 28.2. The molecular weight excluding hydrogens is 429 g/mol. The van der Waals surface area contributed by atoms with E-state index in [0.717, 1.165) is 29.7 Å². The Morgan fingerprint density at radius 2 is 1.27 bits per heavy atom. The van der Waals surface area contributed by atoms with Gasteiger partial charge in [0.2, 0.25) is 0 Å². The largest absolute Gasteiger partial charge is 0.356 e. The van der Waals surface area contributed by atoms with E-state index in [2.05, 4.69) is 66.9 Å². The molecule has 0 radical (unpaired) electrons. The van der Waals surface area contributed by atoms with Crippen molar-refractivity contribution in [1.82, 2.24) is 4.57 Å². The summed E-state index contributed by atoms with van der Waals surface area (Å²) in [6.07, 6.45) is 1.96. The van der Waals surface area contributed by atoms with Crippen molar-refractivity contribution >= 4 is 34.7 Å². The molecule has 5 aromatic rings. The van der Waals surface area contributed by atoms with Crippen molar-refractivity contribution in [3.05, 3.63) is 96.1 Å². The molecule has 0 spiro atoms. The Kier molecular flexibility index (Phi) is 5.46. The molecule has 1 aromatic heterocycles. The minimum atomic E-state index is -4.29. The van der Waals surface area contributed by atoms with E-state index in [0.29, 0.717) is 0 Å². The van der Waals surface area contributed by atoms with Gasteiger partial charge in [0, 0.05) is 16.5 Å². The summed E-state index contributed by atoms with van der Waals surface area (Å²) in [5, 5.41) is 2.51. The highest BCUT2D eigenvalue weighted by molar-refractivity contribution is 7.60. The highest BCUT2D eigenvalue weighted by atomic mass is 31.2. The lowest BCUT2D eigenvalue weighted by Crippen LogP contribution is -2.03. The number of fused-ring (bicyclic) bond motifs is 3. The van der Waals surface area contributed by atoms with Crippen LogP contribution >= 0.6 is 7.60 Å². The minimum absolute atomic E-state index is 0.0330. The Hall–Kier alpha value is -3.17. The number of hydrogen-bond acceptors (Lipinski definition) is 1. The van der Waals surface area contributed by atoms with Gasteiger partial charge >= 0.3 is 7.60 Å². The summed E-state index contributed by atoms with van der Waals surface area (Å²) >= 11 is 0. The van der Waals surface area contributed by atoms with E-state index in [1.54, 1.807) is 12.1 Å². The van der Waals surface area contributed by atoms with E-state index >= 15 is 0 Å². The Bertz CT molecular complexity index is 1470. The molecule has 0 saturated carbocycles. The van der Waals surface area contributed by atoms with Gasteiger partial charge in [-0.1, -0.05) is 62.4 Å². The smallest absolute Gasteiger partial charge is 0.321 e. The van der Waals surface area contributed by atoms with Crippen LogP contribution in [0.5, 0.6) is 0 Å². The summed E-state index contributed by atoms with van der Waals surface area (Å²) < 4.78 is 14.0. The highest BCUT2D eigenvalue weighted by Gasteiger charge is 2.17. The summed E-state index contributed by atoms with van der Waals surface area (Å²) in [7, 11) is -4.29. The Labute approximate surface area is 193 Å². The third-order valence-corrected chi connectivity index (χ3v) is 7.30. The van der Waals surface area contributed by atoms with Crippen LogP contribution in [0.15, 0.2) is 84.9 Å². The molecule has 0 saturated heterocycles. The predicted octanol–water partition coefficient (Wildman–Crippen LogP) is 6.38. The molecule has 5 heteroatoms. The van der Waals surface area contributed by atoms with Gasteiger partial charge in [0.25, 0.3) is 0 Å². The number of nitrogens with zero attached hydrogens (tertiary/aromatic N) is 1. The Balaban J connectivity index is 1.68. The van der Waals surface area contributed by atoms with E-state index in [1.807, 2.05) is 18.2 Å². The van der Waals surface area contributed by atoms with Crippen molar-refractivity contribution in [3.63, 3.8) is 0 Å². The summed E-state index contributed by atoms with van der Waals surface area (Å²) in [4.78, 5) is 19.0. The predicted molar refractivity (Wildman–Crippen MR) is 137 cm³/mol. The second-order valence-electron chi connectivity index (χ2n) is 8.39. The van der Waals surface area contributed by atoms with Crippen molar-refractivity contribution in [2.24, 2.45) is 0 Å². The van der Waals surface area contributed by atoms with Crippen LogP contribution in [0.4, 0.5) is 0 Å². The van der Waals surface area contributed by atoms with Crippen LogP contribution in [0.3, 0.4) is 0 Å². The van der Waals surface area contributed by atoms with Gasteiger partial charge in [-0.15, -0.1) is 0 Å². The van der Waals surface area contributed by atoms with Crippen LogP contribution < -0.4 is 5.30 Å². The molecule has 4 aromatic carbocycles. The minimum Gasteiger partial charge on any atom is -0.321 e. The third kappa shape index (κ3) is 3.91. The van der Waals surface area contributed by atoms with Crippen molar-refractivity contribution in [3.8, 4) is 16.8 Å². The summed E-state index contributed by atoms with van der Waals surface area (Å²) in [5.74, 6) is 0. The van der Waals surface area contributed by atoms with Crippen LogP contribution in [0, 0.1) is 0 Å². The molecule has 166 valence electrons. The zero-order valence-electron chi connectivity index (χ0n) is 18.7. The molecule has 0 aliphatic rings. The van der Waals surface area contributed by atoms with E-state index in [1.165, 1.54) is 39.0 Å². The first kappa shape index (κ1) is 21.7. The fourth-order valence-corrected chi connectivity index (χ4v) is 5.08. The van der Waals surface area contributed by atoms with Gasteiger partial charge in [-0.2, -0.15) is 0 Å². The van der Waals surface area contributed by atoms with Crippen LogP contribution in [0.1, 0.15) is 25.0 Å². The molecule has 0 aliphatic carbocycles. The topological polar surface area (TPSA) is 62.5 Å². The van der Waals surface area contributed by atoms with E-state index in [-0.39, 0.29) is 5.30 Å². The lowest BCUT2D eigenvalue weighted by Gasteiger charge is -2.11. The first-order valence-electron chi connectivity index (χ1n) is 11.2. The van der Waals surface area contributed by atoms with Crippen molar-refractivity contribution in [2.75, 3.05) is 0 Å². The van der Waals surface area contributed by atoms with E-state index in [4.69, 9.17) is 0 Å². The van der Waals surface area contributed by atoms with Crippen molar-refractivity contribution < 1.29 is 14.4 Å². The molecule has 4 nitrogen and oxygen atoms in total. The van der Waals surface area contributed by atoms with Gasteiger partial charge in [-0.05, 0) is 71.5 Å². The molecule has 0 aliphatic heterocycles. The normalized spacial score (nSPS) is 12.0. The van der Waals surface area contributed by atoms with Gasteiger partial charge in [-0.25, -0.2) is 0 Å². The quantitative estimate of drug-likeness (QED) is 0.302. The van der Waals surface area contributed by atoms with E-state index < -0.39 is 7.60 Å². The maximum absolute atomic E-state index is 11.7. The number of benzene rings is 4. The van der Waals surface area contributed by atoms with Gasteiger partial charge in [0.1, 0.15) is 0 Å². The first-order valence-corrected chi connectivity index (χ1v) is 12.8.